The highest BCUT2D eigenvalue weighted by Crippen LogP contribution is 2.20. The Balaban J connectivity index is 2.47. The molecule has 0 aliphatic carbocycles. The standard InChI is InChI=1S/C10H16BrN3O/c1-8(2)15-5-4-14(3)10-9(11)6-12-7-13-10/h6-8H,4-5H2,1-3H3. The zero-order valence-corrected chi connectivity index (χ0v) is 10.9. The number of likely N-dealkylation sites (N-methyl/N-ethyl adjacent to an activating group) is 1. The van der Waals surface area contributed by atoms with Crippen molar-refractivity contribution < 1.29 is 4.74 Å². The summed E-state index contributed by atoms with van der Waals surface area (Å²) in [5, 5.41) is 0. The molecule has 0 bridgehead atoms. The Hall–Kier alpha value is -0.680. The van der Waals surface area contributed by atoms with E-state index in [0.717, 1.165) is 16.8 Å². The minimum atomic E-state index is 0.271. The van der Waals surface area contributed by atoms with Crippen molar-refractivity contribution in [1.29, 1.82) is 0 Å². The molecule has 5 heteroatoms. The van der Waals surface area contributed by atoms with E-state index in [2.05, 4.69) is 25.9 Å². The van der Waals surface area contributed by atoms with Crippen LogP contribution in [-0.4, -0.2) is 36.3 Å². The van der Waals surface area contributed by atoms with Gasteiger partial charge in [-0.3, -0.25) is 0 Å². The van der Waals surface area contributed by atoms with E-state index in [4.69, 9.17) is 4.74 Å². The molecule has 0 aromatic carbocycles. The molecular formula is C10H16BrN3O. The number of halogens is 1. The molecule has 84 valence electrons. The second-order valence-electron chi connectivity index (χ2n) is 3.54. The van der Waals surface area contributed by atoms with Crippen LogP contribution in [0.5, 0.6) is 0 Å². The number of rotatable bonds is 5. The van der Waals surface area contributed by atoms with Crippen molar-refractivity contribution in [3.8, 4) is 0 Å². The Morgan fingerprint density at radius 3 is 2.87 bits per heavy atom. The molecule has 0 aliphatic heterocycles. The lowest BCUT2D eigenvalue weighted by atomic mass is 10.4. The highest BCUT2D eigenvalue weighted by molar-refractivity contribution is 9.10. The average molecular weight is 274 g/mol. The van der Waals surface area contributed by atoms with Gasteiger partial charge >= 0.3 is 0 Å². The van der Waals surface area contributed by atoms with Gasteiger partial charge in [-0.25, -0.2) is 9.97 Å². The molecule has 0 saturated heterocycles. The summed E-state index contributed by atoms with van der Waals surface area (Å²) in [7, 11) is 1.98. The summed E-state index contributed by atoms with van der Waals surface area (Å²) in [6.07, 6.45) is 3.55. The van der Waals surface area contributed by atoms with E-state index in [1.165, 1.54) is 0 Å². The molecule has 0 saturated carbocycles. The number of hydrogen-bond acceptors (Lipinski definition) is 4. The van der Waals surface area contributed by atoms with E-state index >= 15 is 0 Å². The molecule has 4 nitrogen and oxygen atoms in total. The molecule has 0 amide bonds. The van der Waals surface area contributed by atoms with Crippen molar-refractivity contribution in [2.24, 2.45) is 0 Å². The summed E-state index contributed by atoms with van der Waals surface area (Å²) in [5.74, 6) is 0.886. The van der Waals surface area contributed by atoms with Crippen LogP contribution in [0.15, 0.2) is 17.0 Å². The molecule has 0 aliphatic rings. The number of hydrogen-bond donors (Lipinski definition) is 0. The molecule has 15 heavy (non-hydrogen) atoms. The average Bonchev–Trinajstić information content (AvgIpc) is 2.17. The smallest absolute Gasteiger partial charge is 0.146 e. The minimum absolute atomic E-state index is 0.271. The fourth-order valence-corrected chi connectivity index (χ4v) is 1.64. The molecule has 1 rings (SSSR count). The second kappa shape index (κ2) is 6.02. The monoisotopic (exact) mass is 273 g/mol. The van der Waals surface area contributed by atoms with Gasteiger partial charge in [0.1, 0.15) is 12.1 Å². The van der Waals surface area contributed by atoms with Crippen LogP contribution in [-0.2, 0) is 4.74 Å². The molecule has 0 N–H and O–H groups in total. The molecule has 0 atom stereocenters. The first-order valence-corrected chi connectivity index (χ1v) is 5.68. The molecule has 1 heterocycles. The maximum Gasteiger partial charge on any atom is 0.146 e. The van der Waals surface area contributed by atoms with Crippen LogP contribution < -0.4 is 4.90 Å². The normalized spacial score (nSPS) is 10.7. The number of ether oxygens (including phenoxy) is 1. The van der Waals surface area contributed by atoms with Crippen LogP contribution in [0.3, 0.4) is 0 Å². The fraction of sp³-hybridized carbons (Fsp3) is 0.600. The number of nitrogens with zero attached hydrogens (tertiary/aromatic N) is 3. The number of anilines is 1. The van der Waals surface area contributed by atoms with Gasteiger partial charge in [-0.15, -0.1) is 0 Å². The SMILES string of the molecule is CC(C)OCCN(C)c1ncncc1Br. The van der Waals surface area contributed by atoms with E-state index in [0.29, 0.717) is 6.61 Å². The van der Waals surface area contributed by atoms with Crippen molar-refractivity contribution in [3.05, 3.63) is 17.0 Å². The molecule has 0 fully saturated rings. The Labute approximate surface area is 98.8 Å². The van der Waals surface area contributed by atoms with Crippen LogP contribution in [0.4, 0.5) is 5.82 Å². The van der Waals surface area contributed by atoms with Crippen molar-refractivity contribution >= 4 is 21.7 Å². The lowest BCUT2D eigenvalue weighted by Crippen LogP contribution is -2.25. The van der Waals surface area contributed by atoms with Gasteiger partial charge < -0.3 is 9.64 Å². The Bertz CT molecular complexity index is 306. The van der Waals surface area contributed by atoms with E-state index in [-0.39, 0.29) is 6.10 Å². The van der Waals surface area contributed by atoms with E-state index in [1.807, 2.05) is 25.8 Å². The van der Waals surface area contributed by atoms with Crippen LogP contribution in [0.1, 0.15) is 13.8 Å². The van der Waals surface area contributed by atoms with Gasteiger partial charge in [0.15, 0.2) is 0 Å². The molecule has 0 spiro atoms. The van der Waals surface area contributed by atoms with Crippen molar-refractivity contribution in [2.45, 2.75) is 20.0 Å². The Kier molecular flexibility index (Phi) is 4.98. The van der Waals surface area contributed by atoms with Crippen LogP contribution in [0.25, 0.3) is 0 Å². The fourth-order valence-electron chi connectivity index (χ4n) is 1.12. The predicted octanol–water partition coefficient (Wildman–Crippen LogP) is 2.10. The maximum atomic E-state index is 5.47. The summed E-state index contributed by atoms with van der Waals surface area (Å²) in [5.41, 5.74) is 0. The topological polar surface area (TPSA) is 38.2 Å². The highest BCUT2D eigenvalue weighted by atomic mass is 79.9. The van der Waals surface area contributed by atoms with Crippen LogP contribution in [0.2, 0.25) is 0 Å². The predicted molar refractivity (Wildman–Crippen MR) is 64.1 cm³/mol. The van der Waals surface area contributed by atoms with E-state index in [9.17, 15) is 0 Å². The van der Waals surface area contributed by atoms with Crippen molar-refractivity contribution in [2.75, 3.05) is 25.1 Å². The first-order chi connectivity index (χ1) is 7.11. The molecular weight excluding hydrogens is 258 g/mol. The summed E-state index contributed by atoms with van der Waals surface area (Å²) in [6, 6.07) is 0. The second-order valence-corrected chi connectivity index (χ2v) is 4.39. The third-order valence-electron chi connectivity index (χ3n) is 1.89. The molecule has 1 aromatic heterocycles. The van der Waals surface area contributed by atoms with Gasteiger partial charge in [-0.1, -0.05) is 0 Å². The summed E-state index contributed by atoms with van der Waals surface area (Å²) < 4.78 is 6.37. The largest absolute Gasteiger partial charge is 0.377 e. The van der Waals surface area contributed by atoms with Gasteiger partial charge in [0.05, 0.1) is 17.2 Å². The van der Waals surface area contributed by atoms with Crippen molar-refractivity contribution in [1.82, 2.24) is 9.97 Å². The zero-order valence-electron chi connectivity index (χ0n) is 9.27. The van der Waals surface area contributed by atoms with Gasteiger partial charge in [-0.2, -0.15) is 0 Å². The number of aromatic nitrogens is 2. The summed E-state index contributed by atoms with van der Waals surface area (Å²) in [6.45, 7) is 5.57. The summed E-state index contributed by atoms with van der Waals surface area (Å²) in [4.78, 5) is 10.1. The third kappa shape index (κ3) is 4.13. The zero-order chi connectivity index (χ0) is 11.3. The molecule has 1 aromatic rings. The van der Waals surface area contributed by atoms with E-state index in [1.54, 1.807) is 12.5 Å². The molecule has 0 unspecified atom stereocenters. The first kappa shape index (κ1) is 12.4. The van der Waals surface area contributed by atoms with Crippen molar-refractivity contribution in [3.63, 3.8) is 0 Å². The lowest BCUT2D eigenvalue weighted by molar-refractivity contribution is 0.0845. The van der Waals surface area contributed by atoms with Gasteiger partial charge in [-0.05, 0) is 29.8 Å². The van der Waals surface area contributed by atoms with Crippen LogP contribution >= 0.6 is 15.9 Å². The highest BCUT2D eigenvalue weighted by Gasteiger charge is 2.06. The third-order valence-corrected chi connectivity index (χ3v) is 2.45. The molecule has 0 radical (unpaired) electrons. The van der Waals surface area contributed by atoms with Gasteiger partial charge in [0.25, 0.3) is 0 Å². The van der Waals surface area contributed by atoms with Gasteiger partial charge in [0, 0.05) is 19.8 Å². The lowest BCUT2D eigenvalue weighted by Gasteiger charge is -2.19. The maximum absolute atomic E-state index is 5.47. The summed E-state index contributed by atoms with van der Waals surface area (Å²) >= 11 is 3.41. The Morgan fingerprint density at radius 2 is 2.27 bits per heavy atom. The minimum Gasteiger partial charge on any atom is -0.377 e. The van der Waals surface area contributed by atoms with E-state index < -0.39 is 0 Å². The Morgan fingerprint density at radius 1 is 1.53 bits per heavy atom. The van der Waals surface area contributed by atoms with Gasteiger partial charge in [0.2, 0.25) is 0 Å². The quantitative estimate of drug-likeness (QED) is 0.824. The van der Waals surface area contributed by atoms with Crippen LogP contribution in [0, 0.1) is 0 Å². The first-order valence-electron chi connectivity index (χ1n) is 4.89.